The number of phenolic OH excluding ortho intramolecular Hbond substituents is 4. The molecule has 0 radical (unpaired) electrons. The Kier molecular flexibility index (Phi) is 6.31. The monoisotopic (exact) mass is 500 g/mol. The molecular formula is C30H28O7. The van der Waals surface area contributed by atoms with E-state index in [0.29, 0.717) is 28.2 Å². The molecule has 7 nitrogen and oxygen atoms in total. The number of ether oxygens (including phenoxy) is 2. The van der Waals surface area contributed by atoms with Crippen molar-refractivity contribution in [3.8, 4) is 34.5 Å². The van der Waals surface area contributed by atoms with Crippen LogP contribution in [0.3, 0.4) is 0 Å². The minimum absolute atomic E-state index is 0.0779. The first-order valence-electron chi connectivity index (χ1n) is 11.9. The Balaban J connectivity index is 1.79. The molecule has 1 aliphatic rings. The maximum absolute atomic E-state index is 11.8. The highest BCUT2D eigenvalue weighted by atomic mass is 16.5. The summed E-state index contributed by atoms with van der Waals surface area (Å²) in [5.74, 6) is -0.357. The molecule has 0 saturated carbocycles. The summed E-state index contributed by atoms with van der Waals surface area (Å²) in [6.45, 7) is 0. The van der Waals surface area contributed by atoms with Crippen molar-refractivity contribution < 1.29 is 35.0 Å². The van der Waals surface area contributed by atoms with E-state index in [9.17, 15) is 25.5 Å². The predicted octanol–water partition coefficient (Wildman–Crippen LogP) is 5.27. The number of fused-ring (bicyclic) bond motifs is 1. The van der Waals surface area contributed by atoms with E-state index in [0.717, 1.165) is 11.1 Å². The van der Waals surface area contributed by atoms with Crippen LogP contribution >= 0.6 is 0 Å². The van der Waals surface area contributed by atoms with Gasteiger partial charge in [-0.3, -0.25) is 0 Å². The lowest BCUT2D eigenvalue weighted by Crippen LogP contribution is -2.18. The van der Waals surface area contributed by atoms with Crippen molar-refractivity contribution in [1.82, 2.24) is 0 Å². The third kappa shape index (κ3) is 4.38. The van der Waals surface area contributed by atoms with Gasteiger partial charge in [-0.1, -0.05) is 24.3 Å². The SMILES string of the molecule is COc1cc(OC)cc([C@@H]2[C@@H](c3ccc(O)cc3)c3c(O)cc(O)cc3[C@H]2[C@@H](O)c2ccc(O)cc2)c1. The first-order chi connectivity index (χ1) is 17.8. The molecule has 0 heterocycles. The van der Waals surface area contributed by atoms with Gasteiger partial charge < -0.3 is 35.0 Å². The van der Waals surface area contributed by atoms with E-state index in [-0.39, 0.29) is 23.0 Å². The number of phenols is 4. The van der Waals surface area contributed by atoms with Crippen LogP contribution in [0.25, 0.3) is 0 Å². The molecule has 0 bridgehead atoms. The molecule has 0 fully saturated rings. The average molecular weight is 501 g/mol. The van der Waals surface area contributed by atoms with Gasteiger partial charge >= 0.3 is 0 Å². The third-order valence-corrected chi connectivity index (χ3v) is 7.18. The lowest BCUT2D eigenvalue weighted by Gasteiger charge is -2.30. The maximum atomic E-state index is 11.8. The fraction of sp³-hybridized carbons (Fsp3) is 0.200. The number of aromatic hydroxyl groups is 4. The van der Waals surface area contributed by atoms with Crippen LogP contribution in [0.4, 0.5) is 0 Å². The third-order valence-electron chi connectivity index (χ3n) is 7.18. The highest BCUT2D eigenvalue weighted by Gasteiger charge is 2.47. The van der Waals surface area contributed by atoms with E-state index < -0.39 is 23.9 Å². The molecule has 0 spiro atoms. The van der Waals surface area contributed by atoms with Crippen LogP contribution in [-0.2, 0) is 0 Å². The molecule has 0 saturated heterocycles. The number of aliphatic hydroxyl groups excluding tert-OH is 1. The van der Waals surface area contributed by atoms with Gasteiger partial charge in [0.25, 0.3) is 0 Å². The van der Waals surface area contributed by atoms with Crippen LogP contribution in [0, 0.1) is 0 Å². The molecule has 4 aromatic carbocycles. The van der Waals surface area contributed by atoms with Crippen molar-refractivity contribution in [3.05, 3.63) is 107 Å². The molecular weight excluding hydrogens is 472 g/mol. The molecule has 0 aliphatic heterocycles. The number of methoxy groups -OCH3 is 2. The van der Waals surface area contributed by atoms with E-state index in [2.05, 4.69) is 0 Å². The topological polar surface area (TPSA) is 120 Å². The Morgan fingerprint density at radius 1 is 0.649 bits per heavy atom. The normalized spacial score (nSPS) is 19.3. The largest absolute Gasteiger partial charge is 0.508 e. The van der Waals surface area contributed by atoms with Crippen molar-refractivity contribution in [1.29, 1.82) is 0 Å². The predicted molar refractivity (Wildman–Crippen MR) is 138 cm³/mol. The standard InChI is InChI=1S/C30H28O7/c1-36-22-11-18(12-23(15-22)37-2)27-26(16-3-7-19(31)8-4-16)28-24(13-21(33)14-25(28)34)29(27)30(35)17-5-9-20(32)10-6-17/h3-15,26-27,29-35H,1-2H3/t26-,27-,29-,30+/m1/s1. The summed E-state index contributed by atoms with van der Waals surface area (Å²) in [4.78, 5) is 0. The first-order valence-corrected chi connectivity index (χ1v) is 11.9. The molecule has 1 aliphatic carbocycles. The zero-order valence-electron chi connectivity index (χ0n) is 20.4. The quantitative estimate of drug-likeness (QED) is 0.245. The minimum atomic E-state index is -1.05. The fourth-order valence-electron chi connectivity index (χ4n) is 5.56. The lowest BCUT2D eigenvalue weighted by atomic mass is 9.75. The van der Waals surface area contributed by atoms with E-state index in [1.54, 1.807) is 62.8 Å². The Morgan fingerprint density at radius 3 is 1.78 bits per heavy atom. The van der Waals surface area contributed by atoms with E-state index >= 15 is 0 Å². The highest BCUT2D eigenvalue weighted by molar-refractivity contribution is 5.61. The zero-order valence-corrected chi connectivity index (χ0v) is 20.4. The van der Waals surface area contributed by atoms with Gasteiger partial charge in [-0.25, -0.2) is 0 Å². The van der Waals surface area contributed by atoms with Crippen LogP contribution < -0.4 is 9.47 Å². The molecule has 4 aromatic rings. The molecule has 0 amide bonds. The van der Waals surface area contributed by atoms with Crippen molar-refractivity contribution in [2.45, 2.75) is 23.9 Å². The maximum Gasteiger partial charge on any atom is 0.123 e. The summed E-state index contributed by atoms with van der Waals surface area (Å²) in [5, 5.41) is 53.1. The number of hydrogen-bond acceptors (Lipinski definition) is 7. The molecule has 5 N–H and O–H groups in total. The first kappa shape index (κ1) is 24.3. The van der Waals surface area contributed by atoms with Gasteiger partial charge in [-0.05, 0) is 64.7 Å². The molecule has 0 unspecified atom stereocenters. The zero-order chi connectivity index (χ0) is 26.3. The van der Waals surface area contributed by atoms with Crippen LogP contribution in [-0.4, -0.2) is 39.8 Å². The summed E-state index contributed by atoms with van der Waals surface area (Å²) in [6, 6.07) is 21.4. The van der Waals surface area contributed by atoms with Gasteiger partial charge in [0, 0.05) is 35.4 Å². The fourth-order valence-corrected chi connectivity index (χ4v) is 5.56. The molecule has 0 aromatic heterocycles. The van der Waals surface area contributed by atoms with Crippen LogP contribution in [0.1, 0.15) is 51.7 Å². The van der Waals surface area contributed by atoms with Crippen LogP contribution in [0.2, 0.25) is 0 Å². The highest BCUT2D eigenvalue weighted by Crippen LogP contribution is 2.62. The second kappa shape index (κ2) is 9.59. The number of benzene rings is 4. The summed E-state index contributed by atoms with van der Waals surface area (Å²) in [6.07, 6.45) is -1.05. The lowest BCUT2D eigenvalue weighted by molar-refractivity contribution is 0.134. The van der Waals surface area contributed by atoms with Crippen molar-refractivity contribution >= 4 is 0 Å². The van der Waals surface area contributed by atoms with Gasteiger partial charge in [-0.15, -0.1) is 0 Å². The van der Waals surface area contributed by atoms with Gasteiger partial charge in [0.15, 0.2) is 0 Å². The summed E-state index contributed by atoms with van der Waals surface area (Å²) in [7, 11) is 3.12. The second-order valence-electron chi connectivity index (χ2n) is 9.27. The Bertz CT molecular complexity index is 1390. The van der Waals surface area contributed by atoms with Gasteiger partial charge in [0.1, 0.15) is 34.5 Å². The van der Waals surface area contributed by atoms with Crippen LogP contribution in [0.15, 0.2) is 78.9 Å². The van der Waals surface area contributed by atoms with Crippen molar-refractivity contribution in [3.63, 3.8) is 0 Å². The van der Waals surface area contributed by atoms with Gasteiger partial charge in [-0.2, -0.15) is 0 Å². The molecule has 37 heavy (non-hydrogen) atoms. The minimum Gasteiger partial charge on any atom is -0.508 e. The molecule has 4 atom stereocenters. The summed E-state index contributed by atoms with van der Waals surface area (Å²) >= 11 is 0. The Morgan fingerprint density at radius 2 is 1.22 bits per heavy atom. The molecule has 190 valence electrons. The smallest absolute Gasteiger partial charge is 0.123 e. The number of aliphatic hydroxyl groups is 1. The van der Waals surface area contributed by atoms with Crippen molar-refractivity contribution in [2.75, 3.05) is 14.2 Å². The summed E-state index contributed by atoms with van der Waals surface area (Å²) < 4.78 is 11.1. The van der Waals surface area contributed by atoms with Crippen LogP contribution in [0.5, 0.6) is 34.5 Å². The van der Waals surface area contributed by atoms with E-state index in [1.807, 2.05) is 12.1 Å². The molecule has 7 heteroatoms. The van der Waals surface area contributed by atoms with Crippen molar-refractivity contribution in [2.24, 2.45) is 0 Å². The Labute approximate surface area is 214 Å². The molecule has 5 rings (SSSR count). The van der Waals surface area contributed by atoms with Gasteiger partial charge in [0.05, 0.1) is 20.3 Å². The average Bonchev–Trinajstić information content (AvgIpc) is 3.24. The second-order valence-corrected chi connectivity index (χ2v) is 9.27. The van der Waals surface area contributed by atoms with E-state index in [1.165, 1.54) is 18.2 Å². The van der Waals surface area contributed by atoms with Gasteiger partial charge in [0.2, 0.25) is 0 Å². The summed E-state index contributed by atoms with van der Waals surface area (Å²) in [5.41, 5.74) is 3.36. The van der Waals surface area contributed by atoms with E-state index in [4.69, 9.17) is 9.47 Å². The Hall–Kier alpha value is -4.36. The number of rotatable bonds is 6. The number of hydrogen-bond donors (Lipinski definition) is 5.